The van der Waals surface area contributed by atoms with Crippen molar-refractivity contribution in [3.05, 3.63) is 127 Å². The minimum atomic E-state index is -0.0352. The molecular formula is C46H42N6O4. The maximum absolute atomic E-state index is 13.3. The molecule has 10 nitrogen and oxygen atoms in total. The first-order valence-corrected chi connectivity index (χ1v) is 19.8. The molecule has 0 radical (unpaired) electrons. The molecule has 280 valence electrons. The van der Waals surface area contributed by atoms with Crippen LogP contribution in [0.4, 0.5) is 0 Å². The van der Waals surface area contributed by atoms with E-state index in [0.717, 1.165) is 90.1 Å². The van der Waals surface area contributed by atoms with Crippen LogP contribution in [0.25, 0.3) is 66.3 Å². The lowest BCUT2D eigenvalue weighted by molar-refractivity contribution is 0.563. The Bertz CT molecular complexity index is 3090. The summed E-state index contributed by atoms with van der Waals surface area (Å²) in [5.74, 6) is 0.531. The number of benzene rings is 4. The highest BCUT2D eigenvalue weighted by Crippen LogP contribution is 2.42. The number of nitrogens with one attached hydrogen (secondary N) is 1. The van der Waals surface area contributed by atoms with Gasteiger partial charge in [0.05, 0.1) is 11.0 Å². The zero-order chi connectivity index (χ0) is 38.0. The van der Waals surface area contributed by atoms with Gasteiger partial charge in [-0.1, -0.05) is 42.5 Å². The van der Waals surface area contributed by atoms with Gasteiger partial charge in [-0.25, -0.2) is 9.97 Å². The summed E-state index contributed by atoms with van der Waals surface area (Å²) in [6.45, 7) is 7.88. The molecule has 0 saturated heterocycles. The van der Waals surface area contributed by atoms with Gasteiger partial charge in [0, 0.05) is 48.9 Å². The fourth-order valence-electron chi connectivity index (χ4n) is 9.43. The largest absolute Gasteiger partial charge is 0.443 e. The number of aromatic nitrogens is 4. The zero-order valence-electron chi connectivity index (χ0n) is 31.7. The highest BCUT2D eigenvalue weighted by atomic mass is 16.3. The van der Waals surface area contributed by atoms with Gasteiger partial charge in [-0.2, -0.15) is 0 Å². The average Bonchev–Trinajstić information content (AvgIpc) is 3.99. The number of pyridine rings is 2. The maximum Gasteiger partial charge on any atom is 0.281 e. The molecule has 3 N–H and O–H groups in total. The van der Waals surface area contributed by atoms with Gasteiger partial charge in [-0.15, -0.1) is 0 Å². The van der Waals surface area contributed by atoms with Crippen LogP contribution in [-0.2, 0) is 25.9 Å². The summed E-state index contributed by atoms with van der Waals surface area (Å²) >= 11 is 0. The second-order valence-corrected chi connectivity index (χ2v) is 16.3. The lowest BCUT2D eigenvalue weighted by Crippen LogP contribution is -2.20. The van der Waals surface area contributed by atoms with E-state index >= 15 is 0 Å². The van der Waals surface area contributed by atoms with Gasteiger partial charge >= 0.3 is 0 Å². The van der Waals surface area contributed by atoms with E-state index in [1.165, 1.54) is 45.3 Å². The van der Waals surface area contributed by atoms with Gasteiger partial charge < -0.3 is 29.0 Å². The molecule has 1 atom stereocenters. The van der Waals surface area contributed by atoms with Crippen molar-refractivity contribution in [2.24, 2.45) is 5.73 Å². The minimum Gasteiger partial charge on any atom is -0.443 e. The second kappa shape index (κ2) is 12.3. The fraction of sp³-hybridized carbons (Fsp3) is 0.304. The topological polar surface area (TPSA) is 134 Å². The van der Waals surface area contributed by atoms with Gasteiger partial charge in [0.1, 0.15) is 0 Å². The van der Waals surface area contributed by atoms with Crippen molar-refractivity contribution >= 4 is 44.0 Å². The van der Waals surface area contributed by atoms with Crippen LogP contribution in [0.5, 0.6) is 0 Å². The number of nitrogens with zero attached hydrogens (tertiary/aromatic N) is 4. The predicted molar refractivity (Wildman–Crippen MR) is 219 cm³/mol. The van der Waals surface area contributed by atoms with Crippen molar-refractivity contribution in [1.29, 1.82) is 0 Å². The fourth-order valence-corrected chi connectivity index (χ4v) is 9.43. The molecule has 56 heavy (non-hydrogen) atoms. The van der Waals surface area contributed by atoms with Crippen molar-refractivity contribution in [2.45, 2.75) is 90.5 Å². The number of aryl methyl sites for hydroxylation is 3. The number of rotatable bonds is 4. The van der Waals surface area contributed by atoms with E-state index in [0.29, 0.717) is 28.1 Å². The number of fused-ring (bicyclic) bond motifs is 8. The molecule has 0 spiro atoms. The number of oxazole rings is 2. The monoisotopic (exact) mass is 742 g/mol. The molecule has 0 bridgehead atoms. The molecule has 10 heteroatoms. The smallest absolute Gasteiger partial charge is 0.281 e. The first-order valence-electron chi connectivity index (χ1n) is 19.8. The molecule has 4 aromatic heterocycles. The molecule has 3 aliphatic carbocycles. The van der Waals surface area contributed by atoms with Crippen LogP contribution in [-0.4, -0.2) is 25.1 Å². The van der Waals surface area contributed by atoms with E-state index in [1.54, 1.807) is 6.92 Å². The first kappa shape index (κ1) is 33.5. The molecule has 2 fully saturated rings. The quantitative estimate of drug-likeness (QED) is 0.184. The normalized spacial score (nSPS) is 17.5. The van der Waals surface area contributed by atoms with Gasteiger partial charge in [-0.3, -0.25) is 9.59 Å². The zero-order valence-corrected chi connectivity index (χ0v) is 31.7. The minimum absolute atomic E-state index is 0.0350. The Hall–Kier alpha value is -5.84. The summed E-state index contributed by atoms with van der Waals surface area (Å²) < 4.78 is 15.4. The highest BCUT2D eigenvalue weighted by Gasteiger charge is 2.31. The Labute approximate surface area is 322 Å². The second-order valence-electron chi connectivity index (χ2n) is 16.3. The maximum atomic E-state index is 13.3. The molecule has 1 unspecified atom stereocenters. The lowest BCUT2D eigenvalue weighted by Gasteiger charge is -2.16. The molecular weight excluding hydrogens is 701 g/mol. The molecule has 12 rings (SSSR count). The Balaban J connectivity index is 0.000000130. The molecule has 4 aromatic carbocycles. The summed E-state index contributed by atoms with van der Waals surface area (Å²) in [5.41, 5.74) is 22.5. The van der Waals surface area contributed by atoms with Crippen molar-refractivity contribution in [3.63, 3.8) is 0 Å². The van der Waals surface area contributed by atoms with Crippen molar-refractivity contribution in [1.82, 2.24) is 24.4 Å². The number of hydrogen-bond acceptors (Lipinski definition) is 8. The van der Waals surface area contributed by atoms with Crippen LogP contribution in [0.3, 0.4) is 0 Å². The Morgan fingerprint density at radius 2 is 1.25 bits per heavy atom. The Kier molecular flexibility index (Phi) is 7.38. The highest BCUT2D eigenvalue weighted by molar-refractivity contribution is 6.05. The lowest BCUT2D eigenvalue weighted by atomic mass is 9.95. The van der Waals surface area contributed by atoms with Crippen LogP contribution >= 0.6 is 0 Å². The number of hydrogen-bond donors (Lipinski definition) is 2. The van der Waals surface area contributed by atoms with Crippen LogP contribution in [0.15, 0.2) is 85.5 Å². The molecule has 8 aromatic rings. The Morgan fingerprint density at radius 1 is 0.679 bits per heavy atom. The van der Waals surface area contributed by atoms with Crippen LogP contribution in [0.1, 0.15) is 77.0 Å². The first-order chi connectivity index (χ1) is 27.2. The molecule has 4 aliphatic rings. The van der Waals surface area contributed by atoms with E-state index < -0.39 is 0 Å². The van der Waals surface area contributed by atoms with Crippen LogP contribution in [0, 0.1) is 20.8 Å². The van der Waals surface area contributed by atoms with Crippen molar-refractivity contribution < 1.29 is 8.83 Å². The predicted octanol–water partition coefficient (Wildman–Crippen LogP) is 8.24. The Morgan fingerprint density at radius 3 is 1.91 bits per heavy atom. The standard InChI is InChI=1S/C24H23N3O2.C22H19N3O2/c1-12-19(15-4-3-14-10-17(25)11-16(14)9-15)7-8-20-22(12)27(18-5-6-18)24(28)21-23(20)29-13(2)26-21;1-12-17(13-2-3-14-9-23-10-15(14)8-13)6-7-18-20(12)25(16-4-5-16)22(26)19-21(18)27-11-24-19/h3-4,7-9,17-18H,5-6,10-11,25H2,1-2H3;2-3,6-8,11,16,23H,4-5,9-10H2,1H3. The van der Waals surface area contributed by atoms with Gasteiger partial charge in [0.15, 0.2) is 34.5 Å². The molecule has 1 aliphatic heterocycles. The summed E-state index contributed by atoms with van der Waals surface area (Å²) in [5, 5.41) is 5.34. The number of nitrogens with two attached hydrogens (primary N) is 1. The van der Waals surface area contributed by atoms with E-state index in [1.807, 2.05) is 9.13 Å². The van der Waals surface area contributed by atoms with E-state index in [-0.39, 0.29) is 29.2 Å². The van der Waals surface area contributed by atoms with E-state index in [4.69, 9.17) is 14.6 Å². The van der Waals surface area contributed by atoms with Crippen LogP contribution < -0.4 is 22.2 Å². The molecule has 5 heterocycles. The van der Waals surface area contributed by atoms with Crippen molar-refractivity contribution in [3.8, 4) is 22.3 Å². The third-order valence-corrected chi connectivity index (χ3v) is 12.4. The van der Waals surface area contributed by atoms with Gasteiger partial charge in [-0.05, 0) is 126 Å². The summed E-state index contributed by atoms with van der Waals surface area (Å²) in [6.07, 6.45) is 7.44. The third kappa shape index (κ3) is 5.15. The molecule has 2 saturated carbocycles. The average molecular weight is 743 g/mol. The third-order valence-electron chi connectivity index (χ3n) is 12.4. The van der Waals surface area contributed by atoms with E-state index in [2.05, 4.69) is 89.8 Å². The SMILES string of the molecule is Cc1c(-c2ccc3c(c2)CNC3)ccc2c3ocnc3c(=O)n(C3CC3)c12.Cc1nc2c(=O)n(C3CC3)c3c(C)c(-c4ccc5c(c4)CC(N)C5)ccc3c2o1. The molecule has 0 amide bonds. The van der Waals surface area contributed by atoms with E-state index in [9.17, 15) is 9.59 Å². The summed E-state index contributed by atoms with van der Waals surface area (Å²) in [4.78, 5) is 34.9. The van der Waals surface area contributed by atoms with Crippen LogP contribution in [0.2, 0.25) is 0 Å². The van der Waals surface area contributed by atoms with Gasteiger partial charge in [0.2, 0.25) is 0 Å². The summed E-state index contributed by atoms with van der Waals surface area (Å²) in [6, 6.07) is 22.5. The van der Waals surface area contributed by atoms with Crippen molar-refractivity contribution in [2.75, 3.05) is 0 Å². The summed E-state index contributed by atoms with van der Waals surface area (Å²) in [7, 11) is 0. The van der Waals surface area contributed by atoms with Gasteiger partial charge in [0.25, 0.3) is 11.1 Å².